The number of ether oxygens (including phenoxy) is 2. The molecule has 3 atom stereocenters. The Hall–Kier alpha value is -2.89. The SMILES string of the molecule is Cc1c(F)cccc1NC(=O)COc1cccc([C@@H]2OC[C@@H](c3ccccc3Cl)C[C@H]2C(C)C)c1. The average molecular weight is 496 g/mol. The largest absolute Gasteiger partial charge is 0.484 e. The molecule has 1 fully saturated rings. The number of carbonyl (C=O) groups is 1. The topological polar surface area (TPSA) is 47.6 Å². The van der Waals surface area contributed by atoms with Gasteiger partial charge in [0.05, 0.1) is 12.7 Å². The highest BCUT2D eigenvalue weighted by Crippen LogP contribution is 2.45. The van der Waals surface area contributed by atoms with E-state index in [2.05, 4.69) is 25.2 Å². The standard InChI is InChI=1S/C29H31ClFNO3/c1-18(2)24-15-21(23-10-4-5-11-25(23)30)16-35-29(24)20-8-6-9-22(14-20)34-17-28(33)32-27-13-7-12-26(31)19(27)3/h4-14,18,21,24,29H,15-17H2,1-3H3,(H,32,33)/t21-,24-,29-/m0/s1. The second kappa shape index (κ2) is 11.2. The van der Waals surface area contributed by atoms with Crippen LogP contribution in [0.1, 0.15) is 49.0 Å². The van der Waals surface area contributed by atoms with Gasteiger partial charge >= 0.3 is 0 Å². The lowest BCUT2D eigenvalue weighted by Gasteiger charge is -2.39. The first-order chi connectivity index (χ1) is 16.8. The van der Waals surface area contributed by atoms with Crippen molar-refractivity contribution in [3.8, 4) is 5.75 Å². The van der Waals surface area contributed by atoms with Crippen LogP contribution < -0.4 is 10.1 Å². The van der Waals surface area contributed by atoms with E-state index in [-0.39, 0.29) is 30.4 Å². The van der Waals surface area contributed by atoms with Gasteiger partial charge in [0.1, 0.15) is 11.6 Å². The van der Waals surface area contributed by atoms with Gasteiger partial charge in [-0.2, -0.15) is 0 Å². The lowest BCUT2D eigenvalue weighted by atomic mass is 9.76. The lowest BCUT2D eigenvalue weighted by molar-refractivity contribution is -0.118. The van der Waals surface area contributed by atoms with Crippen molar-refractivity contribution in [3.05, 3.63) is 94.3 Å². The lowest BCUT2D eigenvalue weighted by Crippen LogP contribution is -2.31. The molecule has 0 unspecified atom stereocenters. The third kappa shape index (κ3) is 6.03. The number of hydrogen-bond donors (Lipinski definition) is 1. The van der Waals surface area contributed by atoms with Crippen molar-refractivity contribution in [1.82, 2.24) is 0 Å². The van der Waals surface area contributed by atoms with Gasteiger partial charge in [0.15, 0.2) is 6.61 Å². The summed E-state index contributed by atoms with van der Waals surface area (Å²) < 4.78 is 25.9. The third-order valence-corrected chi connectivity index (χ3v) is 7.07. The number of rotatable bonds is 7. The molecule has 35 heavy (non-hydrogen) atoms. The van der Waals surface area contributed by atoms with Gasteiger partial charge in [-0.3, -0.25) is 4.79 Å². The van der Waals surface area contributed by atoms with Crippen LogP contribution in [0, 0.1) is 24.6 Å². The summed E-state index contributed by atoms with van der Waals surface area (Å²) in [5.74, 6) is 0.852. The van der Waals surface area contributed by atoms with E-state index in [1.165, 1.54) is 6.07 Å². The van der Waals surface area contributed by atoms with Crippen LogP contribution in [0.5, 0.6) is 5.75 Å². The molecule has 1 heterocycles. The van der Waals surface area contributed by atoms with Gasteiger partial charge in [0.2, 0.25) is 0 Å². The quantitative estimate of drug-likeness (QED) is 0.373. The van der Waals surface area contributed by atoms with Crippen LogP contribution in [0.4, 0.5) is 10.1 Å². The monoisotopic (exact) mass is 495 g/mol. The number of benzene rings is 3. The molecule has 0 spiro atoms. The zero-order chi connectivity index (χ0) is 24.9. The predicted molar refractivity (Wildman–Crippen MR) is 138 cm³/mol. The van der Waals surface area contributed by atoms with Gasteiger partial charge < -0.3 is 14.8 Å². The van der Waals surface area contributed by atoms with Crippen molar-refractivity contribution in [1.29, 1.82) is 0 Å². The molecule has 6 heteroatoms. The third-order valence-electron chi connectivity index (χ3n) is 6.72. The van der Waals surface area contributed by atoms with Crippen molar-refractivity contribution in [2.24, 2.45) is 11.8 Å². The van der Waals surface area contributed by atoms with Crippen LogP contribution in [-0.4, -0.2) is 19.1 Å². The fourth-order valence-electron chi connectivity index (χ4n) is 4.71. The van der Waals surface area contributed by atoms with Crippen LogP contribution >= 0.6 is 11.6 Å². The van der Waals surface area contributed by atoms with Gasteiger partial charge in [-0.05, 0) is 66.6 Å². The molecular formula is C29H31ClFNO3. The Morgan fingerprint density at radius 1 is 1.14 bits per heavy atom. The molecule has 1 N–H and O–H groups in total. The zero-order valence-corrected chi connectivity index (χ0v) is 21.0. The highest BCUT2D eigenvalue weighted by molar-refractivity contribution is 6.31. The van der Waals surface area contributed by atoms with Gasteiger partial charge in [0, 0.05) is 22.2 Å². The summed E-state index contributed by atoms with van der Waals surface area (Å²) in [5.41, 5.74) is 3.00. The molecular weight excluding hydrogens is 465 g/mol. The van der Waals surface area contributed by atoms with Gasteiger partial charge in [0.25, 0.3) is 5.91 Å². The second-order valence-electron chi connectivity index (χ2n) is 9.44. The zero-order valence-electron chi connectivity index (χ0n) is 20.3. The van der Waals surface area contributed by atoms with E-state index < -0.39 is 0 Å². The van der Waals surface area contributed by atoms with E-state index in [0.29, 0.717) is 35.4 Å². The minimum atomic E-state index is -0.361. The smallest absolute Gasteiger partial charge is 0.262 e. The molecule has 0 aromatic heterocycles. The number of anilines is 1. The van der Waals surface area contributed by atoms with Crippen LogP contribution in [0.15, 0.2) is 66.7 Å². The van der Waals surface area contributed by atoms with Gasteiger partial charge in [-0.1, -0.05) is 61.8 Å². The average Bonchev–Trinajstić information content (AvgIpc) is 2.86. The van der Waals surface area contributed by atoms with Crippen LogP contribution in [-0.2, 0) is 9.53 Å². The molecule has 1 saturated heterocycles. The Balaban J connectivity index is 1.42. The van der Waals surface area contributed by atoms with E-state index >= 15 is 0 Å². The molecule has 1 amide bonds. The predicted octanol–water partition coefficient (Wildman–Crippen LogP) is 7.32. The number of nitrogens with one attached hydrogen (secondary N) is 1. The van der Waals surface area contributed by atoms with E-state index in [0.717, 1.165) is 22.6 Å². The number of amides is 1. The molecule has 4 nitrogen and oxygen atoms in total. The van der Waals surface area contributed by atoms with Crippen molar-refractivity contribution < 1.29 is 18.7 Å². The minimum absolute atomic E-state index is 0.0685. The van der Waals surface area contributed by atoms with Crippen molar-refractivity contribution in [3.63, 3.8) is 0 Å². The minimum Gasteiger partial charge on any atom is -0.484 e. The molecule has 4 rings (SSSR count). The molecule has 184 valence electrons. The van der Waals surface area contributed by atoms with Crippen molar-refractivity contribution >= 4 is 23.2 Å². The Labute approximate surface area is 211 Å². The highest BCUT2D eigenvalue weighted by atomic mass is 35.5. The summed E-state index contributed by atoms with van der Waals surface area (Å²) in [6.07, 6.45) is 0.910. The van der Waals surface area contributed by atoms with Crippen LogP contribution in [0.25, 0.3) is 0 Å². The fourth-order valence-corrected chi connectivity index (χ4v) is 5.00. The summed E-state index contributed by atoms with van der Waals surface area (Å²) in [5, 5.41) is 3.49. The molecule has 3 aromatic carbocycles. The number of hydrogen-bond acceptors (Lipinski definition) is 3. The Morgan fingerprint density at radius 3 is 2.69 bits per heavy atom. The first kappa shape index (κ1) is 25.2. The Kier molecular flexibility index (Phi) is 8.09. The summed E-state index contributed by atoms with van der Waals surface area (Å²) in [6.45, 7) is 6.48. The fraction of sp³-hybridized carbons (Fsp3) is 0.345. The summed E-state index contributed by atoms with van der Waals surface area (Å²) in [4.78, 5) is 12.4. The normalized spacial score (nSPS) is 20.0. The van der Waals surface area contributed by atoms with Gasteiger partial charge in [-0.15, -0.1) is 0 Å². The first-order valence-electron chi connectivity index (χ1n) is 12.0. The van der Waals surface area contributed by atoms with Crippen molar-refractivity contribution in [2.45, 2.75) is 39.2 Å². The van der Waals surface area contributed by atoms with Crippen LogP contribution in [0.2, 0.25) is 5.02 Å². The molecule has 0 radical (unpaired) electrons. The molecule has 0 saturated carbocycles. The van der Waals surface area contributed by atoms with Crippen molar-refractivity contribution in [2.75, 3.05) is 18.5 Å². The van der Waals surface area contributed by atoms with Gasteiger partial charge in [-0.25, -0.2) is 4.39 Å². The summed E-state index contributed by atoms with van der Waals surface area (Å²) in [6, 6.07) is 20.3. The maximum absolute atomic E-state index is 13.7. The second-order valence-corrected chi connectivity index (χ2v) is 9.84. The number of carbonyl (C=O) groups excluding carboxylic acids is 1. The summed E-state index contributed by atoms with van der Waals surface area (Å²) >= 11 is 6.46. The molecule has 0 bridgehead atoms. The summed E-state index contributed by atoms with van der Waals surface area (Å²) in [7, 11) is 0. The maximum atomic E-state index is 13.7. The van der Waals surface area contributed by atoms with E-state index in [9.17, 15) is 9.18 Å². The molecule has 1 aliphatic heterocycles. The van der Waals surface area contributed by atoms with E-state index in [4.69, 9.17) is 21.1 Å². The molecule has 1 aliphatic rings. The maximum Gasteiger partial charge on any atom is 0.262 e. The number of halogens is 2. The van der Waals surface area contributed by atoms with E-state index in [1.807, 2.05) is 42.5 Å². The Morgan fingerprint density at radius 2 is 1.91 bits per heavy atom. The van der Waals surface area contributed by atoms with Crippen LogP contribution in [0.3, 0.4) is 0 Å². The molecule has 0 aliphatic carbocycles. The Bertz CT molecular complexity index is 1180. The highest BCUT2D eigenvalue weighted by Gasteiger charge is 2.35. The molecule has 3 aromatic rings. The van der Waals surface area contributed by atoms with E-state index in [1.54, 1.807) is 19.1 Å². The first-order valence-corrected chi connectivity index (χ1v) is 12.3.